The summed E-state index contributed by atoms with van der Waals surface area (Å²) in [5, 5.41) is -0.484. The molecule has 0 aliphatic heterocycles. The second-order valence-corrected chi connectivity index (χ2v) is 5.74. The van der Waals surface area contributed by atoms with Crippen molar-refractivity contribution in [3.63, 3.8) is 0 Å². The molecule has 0 spiro atoms. The lowest BCUT2D eigenvalue weighted by atomic mass is 10.1. The topological polar surface area (TPSA) is 0 Å². The molecule has 0 N–H and O–H groups in total. The molecule has 0 saturated carbocycles. The summed E-state index contributed by atoms with van der Waals surface area (Å²) in [6.45, 7) is 0. The summed E-state index contributed by atoms with van der Waals surface area (Å²) >= 11 is 19.0. The van der Waals surface area contributed by atoms with Crippen LogP contribution in [0.4, 0.5) is 4.39 Å². The molecule has 0 saturated heterocycles. The summed E-state index contributed by atoms with van der Waals surface area (Å²) in [4.78, 5) is 0.799. The zero-order valence-corrected chi connectivity index (χ0v) is 11.0. The van der Waals surface area contributed by atoms with Crippen molar-refractivity contribution < 1.29 is 4.39 Å². The van der Waals surface area contributed by atoms with Gasteiger partial charge in [0.25, 0.3) is 0 Å². The van der Waals surface area contributed by atoms with E-state index in [0.29, 0.717) is 9.90 Å². The van der Waals surface area contributed by atoms with Crippen LogP contribution in [-0.4, -0.2) is 0 Å². The molecule has 0 amide bonds. The van der Waals surface area contributed by atoms with Crippen LogP contribution < -0.4 is 0 Å². The van der Waals surface area contributed by atoms with Crippen LogP contribution in [0.2, 0.25) is 9.36 Å². The fraction of sp³-hybridized carbons (Fsp3) is 0.0909. The normalized spacial score (nSPS) is 12.8. The van der Waals surface area contributed by atoms with Crippen molar-refractivity contribution in [2.45, 2.75) is 5.38 Å². The fourth-order valence-corrected chi connectivity index (χ4v) is 2.95. The van der Waals surface area contributed by atoms with Crippen molar-refractivity contribution in [3.8, 4) is 0 Å². The summed E-state index contributed by atoms with van der Waals surface area (Å²) in [5.41, 5.74) is 0.368. The minimum absolute atomic E-state index is 0.0748. The molecule has 1 aromatic heterocycles. The predicted molar refractivity (Wildman–Crippen MR) is 68.4 cm³/mol. The van der Waals surface area contributed by atoms with Crippen LogP contribution in [0.25, 0.3) is 0 Å². The maximum atomic E-state index is 13.7. The average Bonchev–Trinajstić information content (AvgIpc) is 2.68. The SMILES string of the molecule is Fc1c(Cl)cccc1C(Cl)c1ccc(Cl)s1. The van der Waals surface area contributed by atoms with Crippen LogP contribution in [-0.2, 0) is 0 Å². The third-order valence-electron chi connectivity index (χ3n) is 2.10. The van der Waals surface area contributed by atoms with Crippen molar-refractivity contribution in [2.75, 3.05) is 0 Å². The van der Waals surface area contributed by atoms with E-state index in [2.05, 4.69) is 0 Å². The van der Waals surface area contributed by atoms with E-state index in [1.54, 1.807) is 24.3 Å². The monoisotopic (exact) mass is 294 g/mol. The standard InChI is InChI=1S/C11H6Cl3FS/c12-7-3-1-2-6(11(7)15)10(14)8-4-5-9(13)16-8/h1-5,10H. The van der Waals surface area contributed by atoms with Gasteiger partial charge in [0.2, 0.25) is 0 Å². The Balaban J connectivity index is 2.41. The zero-order chi connectivity index (χ0) is 11.7. The van der Waals surface area contributed by atoms with Crippen molar-refractivity contribution in [2.24, 2.45) is 0 Å². The highest BCUT2D eigenvalue weighted by Crippen LogP contribution is 2.37. The maximum Gasteiger partial charge on any atom is 0.146 e. The van der Waals surface area contributed by atoms with Crippen molar-refractivity contribution in [1.29, 1.82) is 0 Å². The third-order valence-corrected chi connectivity index (χ3v) is 4.29. The Bertz CT molecular complexity index is 510. The van der Waals surface area contributed by atoms with Gasteiger partial charge in [-0.1, -0.05) is 35.3 Å². The lowest BCUT2D eigenvalue weighted by Crippen LogP contribution is -1.95. The number of thiophene rings is 1. The van der Waals surface area contributed by atoms with Gasteiger partial charge in [0.1, 0.15) is 5.82 Å². The van der Waals surface area contributed by atoms with E-state index in [1.807, 2.05) is 0 Å². The summed E-state index contributed by atoms with van der Waals surface area (Å²) < 4.78 is 14.3. The number of halogens is 4. The van der Waals surface area contributed by atoms with E-state index >= 15 is 0 Å². The van der Waals surface area contributed by atoms with E-state index in [9.17, 15) is 4.39 Å². The van der Waals surface area contributed by atoms with Gasteiger partial charge in [-0.25, -0.2) is 4.39 Å². The van der Waals surface area contributed by atoms with Gasteiger partial charge in [0.05, 0.1) is 14.7 Å². The second kappa shape index (κ2) is 4.92. The van der Waals surface area contributed by atoms with Crippen molar-refractivity contribution in [1.82, 2.24) is 0 Å². The van der Waals surface area contributed by atoms with Crippen LogP contribution in [0.3, 0.4) is 0 Å². The summed E-state index contributed by atoms with van der Waals surface area (Å²) in [5.74, 6) is -0.478. The summed E-state index contributed by atoms with van der Waals surface area (Å²) in [6, 6.07) is 8.30. The lowest BCUT2D eigenvalue weighted by Gasteiger charge is -2.09. The molecule has 1 unspecified atom stereocenters. The molecular formula is C11H6Cl3FS. The molecule has 0 radical (unpaired) electrons. The minimum Gasteiger partial charge on any atom is -0.205 e. The molecule has 1 atom stereocenters. The van der Waals surface area contributed by atoms with E-state index in [0.717, 1.165) is 4.88 Å². The molecule has 0 aliphatic rings. The Morgan fingerprint density at radius 1 is 1.12 bits per heavy atom. The number of rotatable bonds is 2. The fourth-order valence-electron chi connectivity index (χ4n) is 1.33. The first-order chi connectivity index (χ1) is 7.59. The van der Waals surface area contributed by atoms with Crippen molar-refractivity contribution >= 4 is 46.1 Å². The van der Waals surface area contributed by atoms with E-state index < -0.39 is 11.2 Å². The Hall–Kier alpha value is -0.280. The quantitative estimate of drug-likeness (QED) is 0.640. The van der Waals surface area contributed by atoms with Gasteiger partial charge in [-0.15, -0.1) is 22.9 Å². The molecule has 5 heteroatoms. The van der Waals surface area contributed by atoms with E-state index in [4.69, 9.17) is 34.8 Å². The first-order valence-corrected chi connectivity index (χ1v) is 6.43. The molecular weight excluding hydrogens is 290 g/mol. The molecule has 16 heavy (non-hydrogen) atoms. The molecule has 2 aromatic rings. The third kappa shape index (κ3) is 2.35. The molecule has 2 rings (SSSR count). The molecule has 1 heterocycles. The van der Waals surface area contributed by atoms with Gasteiger partial charge in [-0.05, 0) is 18.2 Å². The number of alkyl halides is 1. The molecule has 0 fully saturated rings. The number of hydrogen-bond donors (Lipinski definition) is 0. The average molecular weight is 296 g/mol. The largest absolute Gasteiger partial charge is 0.205 e. The zero-order valence-electron chi connectivity index (χ0n) is 7.88. The molecule has 1 aromatic carbocycles. The van der Waals surface area contributed by atoms with Gasteiger partial charge in [-0.2, -0.15) is 0 Å². The highest BCUT2D eigenvalue weighted by molar-refractivity contribution is 7.16. The Morgan fingerprint density at radius 2 is 1.88 bits per heavy atom. The maximum absolute atomic E-state index is 13.7. The molecule has 84 valence electrons. The highest BCUT2D eigenvalue weighted by Gasteiger charge is 2.18. The number of hydrogen-bond acceptors (Lipinski definition) is 1. The van der Waals surface area contributed by atoms with Gasteiger partial charge in [0.15, 0.2) is 0 Å². The molecule has 0 aliphatic carbocycles. The van der Waals surface area contributed by atoms with Crippen LogP contribution >= 0.6 is 46.1 Å². The van der Waals surface area contributed by atoms with Gasteiger partial charge in [-0.3, -0.25) is 0 Å². The number of benzene rings is 1. The second-order valence-electron chi connectivity index (χ2n) is 3.15. The van der Waals surface area contributed by atoms with Gasteiger partial charge >= 0.3 is 0 Å². The highest BCUT2D eigenvalue weighted by atomic mass is 35.5. The van der Waals surface area contributed by atoms with Gasteiger partial charge < -0.3 is 0 Å². The van der Waals surface area contributed by atoms with E-state index in [-0.39, 0.29) is 5.02 Å². The van der Waals surface area contributed by atoms with E-state index in [1.165, 1.54) is 17.4 Å². The summed E-state index contributed by atoms with van der Waals surface area (Å²) in [7, 11) is 0. The van der Waals surface area contributed by atoms with Crippen LogP contribution in [0.5, 0.6) is 0 Å². The first kappa shape index (κ1) is 12.2. The van der Waals surface area contributed by atoms with Gasteiger partial charge in [0, 0.05) is 10.4 Å². The minimum atomic E-state index is -0.559. The molecule has 0 bridgehead atoms. The van der Waals surface area contributed by atoms with Crippen molar-refractivity contribution in [3.05, 3.63) is 55.9 Å². The Labute approximate surface area is 112 Å². The Morgan fingerprint density at radius 3 is 2.50 bits per heavy atom. The predicted octanol–water partition coefficient (Wildman–Crippen LogP) is 5.52. The first-order valence-electron chi connectivity index (χ1n) is 4.43. The van der Waals surface area contributed by atoms with Crippen LogP contribution in [0.1, 0.15) is 15.8 Å². The van der Waals surface area contributed by atoms with Crippen LogP contribution in [0.15, 0.2) is 30.3 Å². The lowest BCUT2D eigenvalue weighted by molar-refractivity contribution is 0.613. The molecule has 0 nitrogen and oxygen atoms in total. The van der Waals surface area contributed by atoms with Crippen LogP contribution in [0, 0.1) is 5.82 Å². The Kier molecular flexibility index (Phi) is 3.75. The smallest absolute Gasteiger partial charge is 0.146 e. The summed E-state index contributed by atoms with van der Waals surface area (Å²) in [6.07, 6.45) is 0.